The Labute approximate surface area is 117 Å². The van der Waals surface area contributed by atoms with Crippen molar-refractivity contribution in [2.75, 3.05) is 18.1 Å². The molecule has 1 amide bonds. The highest BCUT2D eigenvalue weighted by Crippen LogP contribution is 2.38. The van der Waals surface area contributed by atoms with E-state index < -0.39 is 11.5 Å². The lowest BCUT2D eigenvalue weighted by Crippen LogP contribution is -2.61. The van der Waals surface area contributed by atoms with E-state index in [0.717, 1.165) is 0 Å². The summed E-state index contributed by atoms with van der Waals surface area (Å²) in [5.74, 6) is -0.793. The van der Waals surface area contributed by atoms with Crippen molar-refractivity contribution in [1.82, 2.24) is 0 Å². The van der Waals surface area contributed by atoms with Gasteiger partial charge in [0.05, 0.1) is 18.8 Å². The first-order chi connectivity index (χ1) is 9.39. The number of hydrogen-bond acceptors (Lipinski definition) is 4. The monoisotopic (exact) mass is 278 g/mol. The van der Waals surface area contributed by atoms with Gasteiger partial charge >= 0.3 is 5.97 Å². The minimum absolute atomic E-state index is 0.0608. The van der Waals surface area contributed by atoms with Gasteiger partial charge in [-0.1, -0.05) is 12.1 Å². The van der Waals surface area contributed by atoms with Crippen molar-refractivity contribution in [3.05, 3.63) is 23.8 Å². The number of benzene rings is 1. The van der Waals surface area contributed by atoms with Crippen molar-refractivity contribution in [2.45, 2.75) is 25.8 Å². The second kappa shape index (κ2) is 5.13. The van der Waals surface area contributed by atoms with Crippen molar-refractivity contribution >= 4 is 17.6 Å². The number of carbonyl (C=O) groups excluding carboxylic acids is 1. The van der Waals surface area contributed by atoms with Gasteiger partial charge in [-0.3, -0.25) is 9.59 Å². The molecule has 3 N–H and O–H groups in total. The highest BCUT2D eigenvalue weighted by Gasteiger charge is 2.43. The van der Waals surface area contributed by atoms with E-state index in [0.29, 0.717) is 23.6 Å². The van der Waals surface area contributed by atoms with E-state index in [9.17, 15) is 14.7 Å². The van der Waals surface area contributed by atoms with Crippen molar-refractivity contribution < 1.29 is 19.4 Å². The zero-order chi connectivity index (χ0) is 14.9. The first-order valence-electron chi connectivity index (χ1n) is 6.44. The van der Waals surface area contributed by atoms with E-state index in [4.69, 9.17) is 10.5 Å². The molecule has 0 bridgehead atoms. The maximum atomic E-state index is 11.9. The Hall–Kier alpha value is -2.08. The average molecular weight is 278 g/mol. The number of rotatable bonds is 3. The third kappa shape index (κ3) is 2.34. The molecule has 6 nitrogen and oxygen atoms in total. The fourth-order valence-electron chi connectivity index (χ4n) is 2.46. The van der Waals surface area contributed by atoms with Crippen molar-refractivity contribution in [3.63, 3.8) is 0 Å². The SMILES string of the molecule is CCOc1cccc2c1N(C(C)=O)CC(N)(C(=O)O)C2. The summed E-state index contributed by atoms with van der Waals surface area (Å²) in [6, 6.07) is 5.32. The van der Waals surface area contributed by atoms with Gasteiger partial charge in [-0.2, -0.15) is 0 Å². The number of para-hydroxylation sites is 1. The predicted molar refractivity (Wildman–Crippen MR) is 73.9 cm³/mol. The molecule has 0 spiro atoms. The van der Waals surface area contributed by atoms with E-state index in [1.54, 1.807) is 18.2 Å². The van der Waals surface area contributed by atoms with Gasteiger partial charge in [0.2, 0.25) is 5.91 Å². The van der Waals surface area contributed by atoms with Gasteiger partial charge in [0, 0.05) is 13.3 Å². The maximum Gasteiger partial charge on any atom is 0.325 e. The fourth-order valence-corrected chi connectivity index (χ4v) is 2.46. The number of amides is 1. The number of carboxylic acid groups (broad SMARTS) is 1. The van der Waals surface area contributed by atoms with Crippen molar-refractivity contribution in [2.24, 2.45) is 5.73 Å². The predicted octanol–water partition coefficient (Wildman–Crippen LogP) is 0.776. The van der Waals surface area contributed by atoms with Crippen LogP contribution in [0, 0.1) is 0 Å². The molecule has 1 aromatic rings. The Morgan fingerprint density at radius 2 is 2.20 bits per heavy atom. The zero-order valence-corrected chi connectivity index (χ0v) is 11.5. The summed E-state index contributed by atoms with van der Waals surface area (Å²) in [5.41, 5.74) is 5.81. The summed E-state index contributed by atoms with van der Waals surface area (Å²) in [6.07, 6.45) is 0.169. The number of aliphatic carboxylic acids is 1. The first-order valence-corrected chi connectivity index (χ1v) is 6.44. The number of carbonyl (C=O) groups is 2. The van der Waals surface area contributed by atoms with Gasteiger partial charge in [-0.25, -0.2) is 0 Å². The molecular weight excluding hydrogens is 260 g/mol. The Morgan fingerprint density at radius 3 is 2.75 bits per heavy atom. The summed E-state index contributed by atoms with van der Waals surface area (Å²) in [7, 11) is 0. The van der Waals surface area contributed by atoms with E-state index in [1.807, 2.05) is 6.92 Å². The normalized spacial score (nSPS) is 21.2. The molecule has 1 aliphatic rings. The average Bonchev–Trinajstić information content (AvgIpc) is 2.37. The maximum absolute atomic E-state index is 11.9. The van der Waals surface area contributed by atoms with Gasteiger partial charge in [-0.15, -0.1) is 0 Å². The highest BCUT2D eigenvalue weighted by atomic mass is 16.5. The highest BCUT2D eigenvalue weighted by molar-refractivity contribution is 5.97. The molecule has 0 aromatic heterocycles. The van der Waals surface area contributed by atoms with Crippen LogP contribution in [0.5, 0.6) is 5.75 Å². The molecule has 20 heavy (non-hydrogen) atoms. The molecular formula is C14H18N2O4. The summed E-state index contributed by atoms with van der Waals surface area (Å²) in [5, 5.41) is 9.30. The van der Waals surface area contributed by atoms with Crippen LogP contribution >= 0.6 is 0 Å². The van der Waals surface area contributed by atoms with Crippen LogP contribution in [0.4, 0.5) is 5.69 Å². The minimum atomic E-state index is -1.47. The summed E-state index contributed by atoms with van der Waals surface area (Å²) in [4.78, 5) is 24.6. The van der Waals surface area contributed by atoms with Gasteiger partial charge in [-0.05, 0) is 18.6 Å². The van der Waals surface area contributed by atoms with Gasteiger partial charge in [0.1, 0.15) is 11.3 Å². The van der Waals surface area contributed by atoms with E-state index in [1.165, 1.54) is 11.8 Å². The van der Waals surface area contributed by atoms with Crippen molar-refractivity contribution in [1.29, 1.82) is 0 Å². The second-order valence-electron chi connectivity index (χ2n) is 4.94. The zero-order valence-electron chi connectivity index (χ0n) is 11.5. The molecule has 1 unspecified atom stereocenters. The third-order valence-electron chi connectivity index (χ3n) is 3.40. The van der Waals surface area contributed by atoms with Gasteiger partial charge < -0.3 is 20.5 Å². The molecule has 108 valence electrons. The van der Waals surface area contributed by atoms with Crippen molar-refractivity contribution in [3.8, 4) is 5.75 Å². The lowest BCUT2D eigenvalue weighted by molar-refractivity contribution is -0.143. The first kappa shape index (κ1) is 14.3. The van der Waals surface area contributed by atoms with Crippen LogP contribution in [0.3, 0.4) is 0 Å². The largest absolute Gasteiger partial charge is 0.492 e. The quantitative estimate of drug-likeness (QED) is 0.852. The Morgan fingerprint density at radius 1 is 1.50 bits per heavy atom. The number of hydrogen-bond donors (Lipinski definition) is 2. The topological polar surface area (TPSA) is 92.9 Å². The number of carboxylic acids is 1. The lowest BCUT2D eigenvalue weighted by atomic mass is 9.86. The van der Waals surface area contributed by atoms with E-state index in [2.05, 4.69) is 0 Å². The molecule has 1 aromatic carbocycles. The van der Waals surface area contributed by atoms with Crippen LogP contribution in [-0.2, 0) is 16.0 Å². The molecule has 0 aliphatic carbocycles. The summed E-state index contributed by atoms with van der Waals surface area (Å²) in [6.45, 7) is 3.65. The molecule has 1 aliphatic heterocycles. The number of ether oxygens (including phenoxy) is 1. The van der Waals surface area contributed by atoms with Crippen LogP contribution < -0.4 is 15.4 Å². The second-order valence-corrected chi connectivity index (χ2v) is 4.94. The van der Waals surface area contributed by atoms with E-state index >= 15 is 0 Å². The lowest BCUT2D eigenvalue weighted by Gasteiger charge is -2.38. The number of nitrogens with two attached hydrogens (primary N) is 1. The summed E-state index contributed by atoms with van der Waals surface area (Å²) < 4.78 is 5.53. The van der Waals surface area contributed by atoms with E-state index in [-0.39, 0.29) is 18.9 Å². The minimum Gasteiger partial charge on any atom is -0.492 e. The molecule has 1 heterocycles. The van der Waals surface area contributed by atoms with Crippen LogP contribution in [0.15, 0.2) is 18.2 Å². The third-order valence-corrected chi connectivity index (χ3v) is 3.40. The molecule has 0 saturated heterocycles. The molecule has 6 heteroatoms. The smallest absolute Gasteiger partial charge is 0.325 e. The summed E-state index contributed by atoms with van der Waals surface area (Å²) >= 11 is 0. The van der Waals surface area contributed by atoms with Crippen LogP contribution in [0.1, 0.15) is 19.4 Å². The van der Waals surface area contributed by atoms with Crippen LogP contribution in [0.25, 0.3) is 0 Å². The molecule has 0 radical (unpaired) electrons. The molecule has 2 rings (SSSR count). The van der Waals surface area contributed by atoms with Crippen LogP contribution in [-0.4, -0.2) is 35.7 Å². The fraction of sp³-hybridized carbons (Fsp3) is 0.429. The van der Waals surface area contributed by atoms with Crippen LogP contribution in [0.2, 0.25) is 0 Å². The molecule has 1 atom stereocenters. The Bertz CT molecular complexity index is 558. The number of nitrogens with zero attached hydrogens (tertiary/aromatic N) is 1. The Balaban J connectivity index is 2.56. The van der Waals surface area contributed by atoms with Gasteiger partial charge in [0.15, 0.2) is 0 Å². The molecule has 0 fully saturated rings. The number of fused-ring (bicyclic) bond motifs is 1. The Kier molecular flexibility index (Phi) is 3.67. The van der Waals surface area contributed by atoms with Gasteiger partial charge in [0.25, 0.3) is 0 Å². The standard InChI is InChI=1S/C14H18N2O4/c1-3-20-11-6-4-5-10-7-14(15,13(18)19)8-16(9(2)17)12(10)11/h4-6H,3,7-8,15H2,1-2H3,(H,18,19). The number of anilines is 1. The molecule has 0 saturated carbocycles.